The first-order valence-electron chi connectivity index (χ1n) is 6.18. The number of aliphatic hydroxyl groups excluding tert-OH is 1. The van der Waals surface area contributed by atoms with Crippen LogP contribution in [-0.2, 0) is 0 Å². The topological polar surface area (TPSA) is 41.9 Å². The number of benzene rings is 1. The minimum atomic E-state index is -0.326. The normalized spacial score (nSPS) is 22.1. The third-order valence-electron chi connectivity index (χ3n) is 3.81. The molecule has 0 saturated carbocycles. The van der Waals surface area contributed by atoms with Gasteiger partial charge in [0, 0.05) is 12.6 Å². The molecule has 1 atom stereocenters. The summed E-state index contributed by atoms with van der Waals surface area (Å²) in [6.45, 7) is 4.91. The lowest BCUT2D eigenvalue weighted by molar-refractivity contribution is 0.127. The molecular weight excluding hydrogens is 230 g/mol. The summed E-state index contributed by atoms with van der Waals surface area (Å²) in [4.78, 5) is 2.18. The zero-order valence-corrected chi connectivity index (χ0v) is 11.4. The Bertz CT molecular complexity index is 431. The standard InChI is InChI=1S/C14H21NO3/c1-14(2)13(16)7-8-15(14)11-9-10(17-3)5-6-12(11)18-4/h5-6,9,13,16H,7-8H2,1-4H3. The maximum absolute atomic E-state index is 10.1. The van der Waals surface area contributed by atoms with Gasteiger partial charge in [-0.1, -0.05) is 0 Å². The minimum absolute atomic E-state index is 0.292. The van der Waals surface area contributed by atoms with E-state index in [0.717, 1.165) is 30.2 Å². The predicted octanol–water partition coefficient (Wildman–Crippen LogP) is 2.05. The van der Waals surface area contributed by atoms with Gasteiger partial charge in [0.2, 0.25) is 0 Å². The van der Waals surface area contributed by atoms with Crippen LogP contribution in [0.1, 0.15) is 20.3 Å². The van der Waals surface area contributed by atoms with Crippen LogP contribution in [0.4, 0.5) is 5.69 Å². The van der Waals surface area contributed by atoms with Crippen LogP contribution in [0.25, 0.3) is 0 Å². The molecule has 1 fully saturated rings. The lowest BCUT2D eigenvalue weighted by Gasteiger charge is -2.36. The number of ether oxygens (including phenoxy) is 2. The van der Waals surface area contributed by atoms with Crippen LogP contribution in [0, 0.1) is 0 Å². The highest BCUT2D eigenvalue weighted by molar-refractivity contribution is 5.64. The molecule has 4 nitrogen and oxygen atoms in total. The second-order valence-electron chi connectivity index (χ2n) is 5.15. The highest BCUT2D eigenvalue weighted by Gasteiger charge is 2.41. The van der Waals surface area contributed by atoms with Crippen LogP contribution >= 0.6 is 0 Å². The lowest BCUT2D eigenvalue weighted by Crippen LogP contribution is -2.45. The van der Waals surface area contributed by atoms with Crippen molar-refractivity contribution < 1.29 is 14.6 Å². The highest BCUT2D eigenvalue weighted by atomic mass is 16.5. The van der Waals surface area contributed by atoms with Crippen LogP contribution in [-0.4, -0.2) is 37.5 Å². The van der Waals surface area contributed by atoms with Gasteiger partial charge in [-0.25, -0.2) is 0 Å². The number of methoxy groups -OCH3 is 2. The van der Waals surface area contributed by atoms with Crippen molar-refractivity contribution in [3.8, 4) is 11.5 Å². The van der Waals surface area contributed by atoms with Gasteiger partial charge in [-0.3, -0.25) is 0 Å². The molecule has 2 rings (SSSR count). The number of hydrogen-bond acceptors (Lipinski definition) is 4. The second kappa shape index (κ2) is 4.69. The van der Waals surface area contributed by atoms with E-state index in [1.807, 2.05) is 32.0 Å². The van der Waals surface area contributed by atoms with E-state index >= 15 is 0 Å². The SMILES string of the molecule is COc1ccc(OC)c(N2CCC(O)C2(C)C)c1. The van der Waals surface area contributed by atoms with Crippen molar-refractivity contribution in [3.63, 3.8) is 0 Å². The highest BCUT2D eigenvalue weighted by Crippen LogP contribution is 2.40. The molecule has 0 amide bonds. The summed E-state index contributed by atoms with van der Waals surface area (Å²) in [5.74, 6) is 1.60. The van der Waals surface area contributed by atoms with Crippen molar-refractivity contribution in [2.45, 2.75) is 31.9 Å². The number of aliphatic hydroxyl groups is 1. The summed E-state index contributed by atoms with van der Waals surface area (Å²) >= 11 is 0. The maximum Gasteiger partial charge on any atom is 0.142 e. The number of hydrogen-bond donors (Lipinski definition) is 1. The van der Waals surface area contributed by atoms with Crippen LogP contribution in [0.3, 0.4) is 0 Å². The summed E-state index contributed by atoms with van der Waals surface area (Å²) in [6.07, 6.45) is 0.446. The van der Waals surface area contributed by atoms with Crippen LogP contribution < -0.4 is 14.4 Å². The van der Waals surface area contributed by atoms with E-state index < -0.39 is 0 Å². The first-order chi connectivity index (χ1) is 8.50. The van der Waals surface area contributed by atoms with Crippen LogP contribution in [0.5, 0.6) is 11.5 Å². The van der Waals surface area contributed by atoms with Crippen molar-refractivity contribution in [3.05, 3.63) is 18.2 Å². The van der Waals surface area contributed by atoms with E-state index in [1.54, 1.807) is 14.2 Å². The lowest BCUT2D eigenvalue weighted by atomic mass is 9.98. The Balaban J connectivity index is 2.43. The van der Waals surface area contributed by atoms with Gasteiger partial charge >= 0.3 is 0 Å². The van der Waals surface area contributed by atoms with Gasteiger partial charge in [-0.2, -0.15) is 0 Å². The van der Waals surface area contributed by atoms with Gasteiger partial charge in [-0.05, 0) is 32.4 Å². The molecule has 0 bridgehead atoms. The molecule has 1 saturated heterocycles. The molecule has 1 N–H and O–H groups in total. The molecule has 1 unspecified atom stereocenters. The zero-order valence-electron chi connectivity index (χ0n) is 11.4. The van der Waals surface area contributed by atoms with Crippen molar-refractivity contribution in [1.82, 2.24) is 0 Å². The van der Waals surface area contributed by atoms with Gasteiger partial charge in [0.25, 0.3) is 0 Å². The third kappa shape index (κ3) is 2.01. The number of nitrogens with zero attached hydrogens (tertiary/aromatic N) is 1. The van der Waals surface area contributed by atoms with Crippen molar-refractivity contribution in [1.29, 1.82) is 0 Å². The molecule has 0 radical (unpaired) electrons. The van der Waals surface area contributed by atoms with Crippen LogP contribution in [0.2, 0.25) is 0 Å². The third-order valence-corrected chi connectivity index (χ3v) is 3.81. The minimum Gasteiger partial charge on any atom is -0.497 e. The fraction of sp³-hybridized carbons (Fsp3) is 0.571. The van der Waals surface area contributed by atoms with E-state index in [4.69, 9.17) is 9.47 Å². The molecule has 1 aliphatic heterocycles. The fourth-order valence-corrected chi connectivity index (χ4v) is 2.51. The van der Waals surface area contributed by atoms with E-state index in [1.165, 1.54) is 0 Å². The summed E-state index contributed by atoms with van der Waals surface area (Å²) in [5.41, 5.74) is 0.679. The average Bonchev–Trinajstić information content (AvgIpc) is 2.63. The Hall–Kier alpha value is -1.42. The van der Waals surface area contributed by atoms with Gasteiger partial charge in [-0.15, -0.1) is 0 Å². The quantitative estimate of drug-likeness (QED) is 0.893. The molecule has 1 aliphatic rings. The monoisotopic (exact) mass is 251 g/mol. The van der Waals surface area contributed by atoms with Crippen molar-refractivity contribution >= 4 is 5.69 Å². The molecule has 4 heteroatoms. The molecule has 100 valence electrons. The molecule has 0 spiro atoms. The van der Waals surface area contributed by atoms with Gasteiger partial charge in [0.15, 0.2) is 0 Å². The Kier molecular flexibility index (Phi) is 3.39. The van der Waals surface area contributed by atoms with E-state index in [-0.39, 0.29) is 11.6 Å². The molecular formula is C14H21NO3. The fourth-order valence-electron chi connectivity index (χ4n) is 2.51. The Morgan fingerprint density at radius 1 is 1.28 bits per heavy atom. The predicted molar refractivity (Wildman–Crippen MR) is 71.6 cm³/mol. The molecule has 1 aromatic rings. The molecule has 18 heavy (non-hydrogen) atoms. The number of rotatable bonds is 3. The zero-order chi connectivity index (χ0) is 13.3. The first-order valence-corrected chi connectivity index (χ1v) is 6.18. The van der Waals surface area contributed by atoms with Crippen molar-refractivity contribution in [2.24, 2.45) is 0 Å². The van der Waals surface area contributed by atoms with Gasteiger partial charge in [0.1, 0.15) is 11.5 Å². The largest absolute Gasteiger partial charge is 0.497 e. The molecule has 0 aliphatic carbocycles. The van der Waals surface area contributed by atoms with E-state index in [2.05, 4.69) is 4.90 Å². The van der Waals surface area contributed by atoms with Crippen molar-refractivity contribution in [2.75, 3.05) is 25.7 Å². The Morgan fingerprint density at radius 2 is 2.00 bits per heavy atom. The first kappa shape index (κ1) is 13.0. The molecule has 1 aromatic carbocycles. The van der Waals surface area contributed by atoms with Crippen LogP contribution in [0.15, 0.2) is 18.2 Å². The molecule has 0 aromatic heterocycles. The summed E-state index contributed by atoms with van der Waals surface area (Å²) in [6, 6.07) is 5.73. The Morgan fingerprint density at radius 3 is 2.50 bits per heavy atom. The molecule has 1 heterocycles. The smallest absolute Gasteiger partial charge is 0.142 e. The summed E-state index contributed by atoms with van der Waals surface area (Å²) < 4.78 is 10.7. The second-order valence-corrected chi connectivity index (χ2v) is 5.15. The van der Waals surface area contributed by atoms with Gasteiger partial charge < -0.3 is 19.5 Å². The maximum atomic E-state index is 10.1. The summed E-state index contributed by atoms with van der Waals surface area (Å²) in [5, 5.41) is 10.1. The number of anilines is 1. The van der Waals surface area contributed by atoms with Gasteiger partial charge in [0.05, 0.1) is 31.5 Å². The summed E-state index contributed by atoms with van der Waals surface area (Å²) in [7, 11) is 3.31. The Labute approximate surface area is 108 Å². The average molecular weight is 251 g/mol. The van der Waals surface area contributed by atoms with E-state index in [9.17, 15) is 5.11 Å². The van der Waals surface area contributed by atoms with E-state index in [0.29, 0.717) is 0 Å².